The van der Waals surface area contributed by atoms with Crippen molar-refractivity contribution in [3.8, 4) is 5.75 Å². The van der Waals surface area contributed by atoms with E-state index in [0.717, 1.165) is 11.6 Å². The van der Waals surface area contributed by atoms with E-state index >= 15 is 0 Å². The molecule has 1 amide bonds. The molecule has 2 rings (SSSR count). The summed E-state index contributed by atoms with van der Waals surface area (Å²) in [6.45, 7) is 3.20. The van der Waals surface area contributed by atoms with Gasteiger partial charge in [0.1, 0.15) is 10.6 Å². The number of carbonyl (C=O) groups excluding carboxylic acids is 2. The molecule has 0 spiro atoms. The van der Waals surface area contributed by atoms with Crippen molar-refractivity contribution >= 4 is 27.6 Å². The van der Waals surface area contributed by atoms with E-state index in [2.05, 4.69) is 4.72 Å². The van der Waals surface area contributed by atoms with Crippen LogP contribution in [0.4, 0.5) is 5.69 Å². The minimum Gasteiger partial charge on any atom is -0.495 e. The average Bonchev–Trinajstić information content (AvgIpc) is 2.62. The number of carbonyl (C=O) groups is 2. The lowest BCUT2D eigenvalue weighted by atomic mass is 10.2. The molecule has 0 heterocycles. The van der Waals surface area contributed by atoms with Gasteiger partial charge < -0.3 is 15.2 Å². The van der Waals surface area contributed by atoms with Crippen LogP contribution in [0.2, 0.25) is 0 Å². The predicted octanol–water partition coefficient (Wildman–Crippen LogP) is 1.84. The lowest BCUT2D eigenvalue weighted by Gasteiger charge is -2.14. The number of methoxy groups -OCH3 is 1. The third kappa shape index (κ3) is 4.98. The number of aryl methyl sites for hydroxylation is 1. The summed E-state index contributed by atoms with van der Waals surface area (Å²) in [4.78, 5) is 22.9. The molecule has 27 heavy (non-hydrogen) atoms. The van der Waals surface area contributed by atoms with Gasteiger partial charge in [0.25, 0.3) is 15.9 Å². The molecule has 1 atom stereocenters. The molecular formula is C18H20N2O6S. The van der Waals surface area contributed by atoms with E-state index in [1.807, 2.05) is 6.92 Å². The van der Waals surface area contributed by atoms with Crippen LogP contribution < -0.4 is 15.2 Å². The standard InChI is InChI=1S/C18H20N2O6S/c1-11-4-7-14(8-5-11)20-27(23,24)16-10-13(6-9-15(16)25-3)18(22)26-12(2)17(19)21/h4-10,12,20H,1-3H3,(H2,19,21). The lowest BCUT2D eigenvalue weighted by Crippen LogP contribution is -2.30. The van der Waals surface area contributed by atoms with Crippen LogP contribution in [0.25, 0.3) is 0 Å². The normalized spacial score (nSPS) is 12.1. The highest BCUT2D eigenvalue weighted by molar-refractivity contribution is 7.92. The molecule has 9 heteroatoms. The summed E-state index contributed by atoms with van der Waals surface area (Å²) in [5.41, 5.74) is 6.33. The molecule has 0 saturated carbocycles. The smallest absolute Gasteiger partial charge is 0.338 e. The summed E-state index contributed by atoms with van der Waals surface area (Å²) in [5, 5.41) is 0. The summed E-state index contributed by atoms with van der Waals surface area (Å²) >= 11 is 0. The number of primary amides is 1. The number of hydrogen-bond donors (Lipinski definition) is 2. The maximum atomic E-state index is 12.8. The number of nitrogens with two attached hydrogens (primary N) is 1. The van der Waals surface area contributed by atoms with E-state index in [0.29, 0.717) is 5.69 Å². The monoisotopic (exact) mass is 392 g/mol. The molecule has 0 aliphatic rings. The molecule has 2 aromatic rings. The van der Waals surface area contributed by atoms with Crippen LogP contribution in [0.15, 0.2) is 47.4 Å². The molecule has 0 aromatic heterocycles. The van der Waals surface area contributed by atoms with Crippen molar-refractivity contribution in [2.75, 3.05) is 11.8 Å². The maximum Gasteiger partial charge on any atom is 0.338 e. The van der Waals surface area contributed by atoms with Gasteiger partial charge in [-0.3, -0.25) is 9.52 Å². The molecule has 8 nitrogen and oxygen atoms in total. The molecule has 0 bridgehead atoms. The number of rotatable bonds is 7. The fourth-order valence-electron chi connectivity index (χ4n) is 2.13. The van der Waals surface area contributed by atoms with Crippen LogP contribution in [0, 0.1) is 6.92 Å². The quantitative estimate of drug-likeness (QED) is 0.693. The first-order chi connectivity index (χ1) is 12.6. The second-order valence-corrected chi connectivity index (χ2v) is 7.44. The number of esters is 1. The van der Waals surface area contributed by atoms with Crippen LogP contribution in [-0.2, 0) is 19.6 Å². The summed E-state index contributed by atoms with van der Waals surface area (Å²) in [6, 6.07) is 10.5. The Kier molecular flexibility index (Phi) is 6.06. The molecule has 144 valence electrons. The van der Waals surface area contributed by atoms with Crippen molar-refractivity contribution in [1.29, 1.82) is 0 Å². The first-order valence-corrected chi connectivity index (χ1v) is 9.40. The third-order valence-corrected chi connectivity index (χ3v) is 5.08. The van der Waals surface area contributed by atoms with Gasteiger partial charge in [-0.15, -0.1) is 0 Å². The topological polar surface area (TPSA) is 125 Å². The second kappa shape index (κ2) is 8.09. The van der Waals surface area contributed by atoms with E-state index in [1.165, 1.54) is 26.2 Å². The van der Waals surface area contributed by atoms with E-state index in [1.54, 1.807) is 24.3 Å². The van der Waals surface area contributed by atoms with Gasteiger partial charge in [-0.2, -0.15) is 0 Å². The van der Waals surface area contributed by atoms with Gasteiger partial charge in [-0.05, 0) is 44.2 Å². The number of amides is 1. The van der Waals surface area contributed by atoms with Crippen molar-refractivity contribution in [3.05, 3.63) is 53.6 Å². The molecule has 0 aliphatic carbocycles. The molecule has 0 radical (unpaired) electrons. The fraction of sp³-hybridized carbons (Fsp3) is 0.222. The zero-order valence-electron chi connectivity index (χ0n) is 15.1. The molecule has 1 unspecified atom stereocenters. The van der Waals surface area contributed by atoms with Crippen LogP contribution in [-0.4, -0.2) is 33.5 Å². The second-order valence-electron chi connectivity index (χ2n) is 5.79. The Morgan fingerprint density at radius 3 is 2.30 bits per heavy atom. The number of sulfonamides is 1. The van der Waals surface area contributed by atoms with E-state index in [4.69, 9.17) is 15.2 Å². The zero-order valence-corrected chi connectivity index (χ0v) is 15.9. The Balaban J connectivity index is 2.37. The molecule has 3 N–H and O–H groups in total. The highest BCUT2D eigenvalue weighted by Crippen LogP contribution is 2.27. The van der Waals surface area contributed by atoms with Gasteiger partial charge in [-0.25, -0.2) is 13.2 Å². The van der Waals surface area contributed by atoms with Gasteiger partial charge >= 0.3 is 5.97 Å². The summed E-state index contributed by atoms with van der Waals surface area (Å²) in [7, 11) is -2.73. The van der Waals surface area contributed by atoms with Gasteiger partial charge in [-0.1, -0.05) is 17.7 Å². The Labute approximate surface area is 157 Å². The van der Waals surface area contributed by atoms with Gasteiger partial charge in [0, 0.05) is 5.69 Å². The van der Waals surface area contributed by atoms with Crippen LogP contribution in [0.1, 0.15) is 22.8 Å². The van der Waals surface area contributed by atoms with E-state index < -0.39 is 28.0 Å². The van der Waals surface area contributed by atoms with Crippen molar-refractivity contribution in [3.63, 3.8) is 0 Å². The SMILES string of the molecule is COc1ccc(C(=O)OC(C)C(N)=O)cc1S(=O)(=O)Nc1ccc(C)cc1. The third-order valence-electron chi connectivity index (χ3n) is 3.68. The van der Waals surface area contributed by atoms with Crippen LogP contribution >= 0.6 is 0 Å². The van der Waals surface area contributed by atoms with Gasteiger partial charge in [0.15, 0.2) is 6.10 Å². The van der Waals surface area contributed by atoms with Gasteiger partial charge in [0.05, 0.1) is 12.7 Å². The summed E-state index contributed by atoms with van der Waals surface area (Å²) in [5.74, 6) is -1.64. The number of ether oxygens (including phenoxy) is 2. The minimum absolute atomic E-state index is 0.0501. The number of nitrogens with one attached hydrogen (secondary N) is 1. The van der Waals surface area contributed by atoms with Crippen molar-refractivity contribution in [1.82, 2.24) is 0 Å². The van der Waals surface area contributed by atoms with Crippen molar-refractivity contribution in [2.24, 2.45) is 5.73 Å². The first-order valence-electron chi connectivity index (χ1n) is 7.92. The zero-order chi connectivity index (χ0) is 20.2. The number of anilines is 1. The van der Waals surface area contributed by atoms with Gasteiger partial charge in [0.2, 0.25) is 0 Å². The summed E-state index contributed by atoms with van der Waals surface area (Å²) < 4.78 is 37.9. The molecule has 2 aromatic carbocycles. The van der Waals surface area contributed by atoms with Crippen molar-refractivity contribution < 1.29 is 27.5 Å². The average molecular weight is 392 g/mol. The Bertz CT molecular complexity index is 954. The number of hydrogen-bond acceptors (Lipinski definition) is 6. The van der Waals surface area contributed by atoms with E-state index in [9.17, 15) is 18.0 Å². The van der Waals surface area contributed by atoms with Crippen LogP contribution in [0.3, 0.4) is 0 Å². The van der Waals surface area contributed by atoms with E-state index in [-0.39, 0.29) is 16.2 Å². The highest BCUT2D eigenvalue weighted by atomic mass is 32.2. The Hall–Kier alpha value is -3.07. The molecule has 0 aliphatic heterocycles. The Morgan fingerprint density at radius 1 is 1.11 bits per heavy atom. The van der Waals surface area contributed by atoms with Crippen LogP contribution in [0.5, 0.6) is 5.75 Å². The number of benzene rings is 2. The fourth-order valence-corrected chi connectivity index (χ4v) is 3.39. The van der Waals surface area contributed by atoms with Crippen molar-refractivity contribution in [2.45, 2.75) is 24.8 Å². The largest absolute Gasteiger partial charge is 0.495 e. The maximum absolute atomic E-state index is 12.8. The lowest BCUT2D eigenvalue weighted by molar-refractivity contribution is -0.125. The minimum atomic E-state index is -4.04. The summed E-state index contributed by atoms with van der Waals surface area (Å²) in [6.07, 6.45) is -1.15. The molecule has 0 saturated heterocycles. The Morgan fingerprint density at radius 2 is 1.74 bits per heavy atom. The predicted molar refractivity (Wildman–Crippen MR) is 99.1 cm³/mol. The molecular weight excluding hydrogens is 372 g/mol. The first kappa shape index (κ1) is 20.2. The molecule has 0 fully saturated rings. The highest BCUT2D eigenvalue weighted by Gasteiger charge is 2.23.